The predicted octanol–water partition coefficient (Wildman–Crippen LogP) is 4.11. The Morgan fingerprint density at radius 1 is 0.547 bits per heavy atom. The molecule has 11 nitrogen and oxygen atoms in total. The van der Waals surface area contributed by atoms with Gasteiger partial charge < -0.3 is 39.0 Å². The number of rotatable bonds is 6. The minimum Gasteiger partial charge on any atom is -0.394 e. The van der Waals surface area contributed by atoms with Crippen LogP contribution in [0.5, 0.6) is 0 Å². The summed E-state index contributed by atoms with van der Waals surface area (Å²) >= 11 is 0. The molecule has 8 saturated carbocycles. The average Bonchev–Trinajstić information content (AvgIpc) is 3.20. The highest BCUT2D eigenvalue weighted by Crippen LogP contribution is 2.65. The Balaban J connectivity index is 0.000000165. The fourth-order valence-electron chi connectivity index (χ4n) is 10.8. The van der Waals surface area contributed by atoms with Gasteiger partial charge >= 0.3 is 23.7 Å². The lowest BCUT2D eigenvalue weighted by molar-refractivity contribution is -0.358. The van der Waals surface area contributed by atoms with Gasteiger partial charge in [-0.2, -0.15) is 43.5 Å². The summed E-state index contributed by atoms with van der Waals surface area (Å²) in [6.07, 6.45) is 6.54. The number of aliphatic hydroxyl groups is 3. The van der Waals surface area contributed by atoms with Gasteiger partial charge in [-0.3, -0.25) is 4.18 Å². The van der Waals surface area contributed by atoms with Crippen LogP contribution in [0.15, 0.2) is 0 Å². The molecule has 0 aromatic carbocycles. The first-order chi connectivity index (χ1) is 24.5. The average molecular weight is 805 g/mol. The first kappa shape index (κ1) is 41.7. The van der Waals surface area contributed by atoms with Gasteiger partial charge in [-0.25, -0.2) is 0 Å². The van der Waals surface area contributed by atoms with Crippen LogP contribution in [0.25, 0.3) is 0 Å². The molecule has 10 rings (SSSR count). The highest BCUT2D eigenvalue weighted by atomic mass is 32.2. The second kappa shape index (κ2) is 14.1. The smallest absolute Gasteiger partial charge is 0.335 e. The third-order valence-corrected chi connectivity index (χ3v) is 13.1. The molecule has 4 unspecified atom stereocenters. The Hall–Kier alpha value is -0.970. The van der Waals surface area contributed by atoms with Crippen molar-refractivity contribution in [1.82, 2.24) is 0 Å². The maximum atomic E-state index is 13.7. The Bertz CT molecular complexity index is 1360. The summed E-state index contributed by atoms with van der Waals surface area (Å²) in [6, 6.07) is 0. The quantitative estimate of drug-likeness (QED) is 0.263. The van der Waals surface area contributed by atoms with E-state index in [1.54, 1.807) is 0 Å². The molecular formula is C33H48F8O11S. The normalized spacial score (nSPS) is 41.5. The summed E-state index contributed by atoms with van der Waals surface area (Å²) in [5, 5.41) is 24.3. The van der Waals surface area contributed by atoms with Crippen molar-refractivity contribution in [3.8, 4) is 0 Å². The molecular weight excluding hydrogens is 756 g/mol. The van der Waals surface area contributed by atoms with Crippen molar-refractivity contribution < 1.29 is 86.7 Å². The second-order valence-electron chi connectivity index (χ2n) is 16.3. The monoisotopic (exact) mass is 804 g/mol. The molecule has 10 aliphatic rings. The Labute approximate surface area is 302 Å². The highest BCUT2D eigenvalue weighted by molar-refractivity contribution is 7.86. The number of ether oxygens (including phenoxy) is 5. The molecule has 0 amide bonds. The van der Waals surface area contributed by atoms with Gasteiger partial charge in [0.05, 0.1) is 43.9 Å². The Kier molecular flexibility index (Phi) is 11.1. The lowest BCUT2D eigenvalue weighted by Crippen LogP contribution is -2.66. The zero-order valence-electron chi connectivity index (χ0n) is 29.2. The molecule has 3 N–H and O–H groups in total. The summed E-state index contributed by atoms with van der Waals surface area (Å²) in [4.78, 5) is 0. The van der Waals surface area contributed by atoms with Crippen LogP contribution < -0.4 is 0 Å². The minimum atomic E-state index is -4.30. The van der Waals surface area contributed by atoms with E-state index in [1.165, 1.54) is 0 Å². The molecule has 20 heteroatoms. The van der Waals surface area contributed by atoms with Crippen LogP contribution in [0, 0.1) is 35.5 Å². The summed E-state index contributed by atoms with van der Waals surface area (Å²) in [5.74, 6) is -20.7. The minimum absolute atomic E-state index is 0.0850. The standard InChI is InChI=1S/C16H22F4O4.C15H20F4O5S.C2H6O2/c17-14(18)8-23-16(24-9-15(14,19)20)11-3-10-4-12(16)7-13(5-10,6-11)22-2-1-21;1-25(20,21)24-12-4-9-2-10(5-12)15(11(3-9)6-12)22-7-13(16,17)14(18,19)8-23-15;3-1-2-4/h10-12,21H,1-9H2;9-11H,2-8H2,1H3;3-4H,1-2H2. The summed E-state index contributed by atoms with van der Waals surface area (Å²) in [5.41, 5.74) is -1.31. The predicted molar refractivity (Wildman–Crippen MR) is 165 cm³/mol. The zero-order valence-corrected chi connectivity index (χ0v) is 30.0. The molecule has 2 heterocycles. The molecule has 4 atom stereocenters. The van der Waals surface area contributed by atoms with Crippen molar-refractivity contribution in [2.75, 3.05) is 59.1 Å². The van der Waals surface area contributed by atoms with E-state index in [4.69, 9.17) is 43.2 Å². The first-order valence-corrected chi connectivity index (χ1v) is 19.8. The van der Waals surface area contributed by atoms with Crippen molar-refractivity contribution in [2.24, 2.45) is 35.5 Å². The topological polar surface area (TPSA) is 150 Å². The van der Waals surface area contributed by atoms with Gasteiger partial charge in [0, 0.05) is 23.7 Å². The van der Waals surface area contributed by atoms with Gasteiger partial charge in [0.1, 0.15) is 26.4 Å². The van der Waals surface area contributed by atoms with Crippen LogP contribution >= 0.6 is 0 Å². The van der Waals surface area contributed by atoms with Crippen molar-refractivity contribution >= 4 is 10.1 Å². The molecule has 308 valence electrons. The van der Waals surface area contributed by atoms with Gasteiger partial charge in [-0.15, -0.1) is 0 Å². The molecule has 0 aromatic heterocycles. The van der Waals surface area contributed by atoms with Crippen LogP contribution in [-0.4, -0.2) is 129 Å². The van der Waals surface area contributed by atoms with E-state index in [-0.39, 0.29) is 57.0 Å². The van der Waals surface area contributed by atoms with Gasteiger partial charge in [-0.1, -0.05) is 0 Å². The molecule has 8 aliphatic carbocycles. The van der Waals surface area contributed by atoms with E-state index in [1.807, 2.05) is 0 Å². The molecule has 2 spiro atoms. The van der Waals surface area contributed by atoms with Gasteiger partial charge in [-0.05, 0) is 76.0 Å². The van der Waals surface area contributed by atoms with Gasteiger partial charge in [0.25, 0.3) is 10.1 Å². The first-order valence-electron chi connectivity index (χ1n) is 17.9. The Morgan fingerprint density at radius 3 is 1.17 bits per heavy atom. The third kappa shape index (κ3) is 7.60. The van der Waals surface area contributed by atoms with Crippen LogP contribution in [0.1, 0.15) is 64.2 Å². The van der Waals surface area contributed by atoms with E-state index in [0.717, 1.165) is 25.5 Å². The van der Waals surface area contributed by atoms with E-state index in [9.17, 15) is 43.5 Å². The summed E-state index contributed by atoms with van der Waals surface area (Å²) < 4.78 is 165. The fraction of sp³-hybridized carbons (Fsp3) is 1.00. The Morgan fingerprint density at radius 2 is 0.868 bits per heavy atom. The number of halogens is 8. The van der Waals surface area contributed by atoms with Crippen LogP contribution in [0.4, 0.5) is 35.1 Å². The SMILES string of the molecule is CS(=O)(=O)OC12CC3CC(C1)C1(OCC(F)(F)C(F)(F)CO1)C(C3)C2.OCCO.OCCOC12CC3CC(C1)C1(OCC(F)(F)C(F)(F)CO1)C(C3)C2. The van der Waals surface area contributed by atoms with E-state index in [2.05, 4.69) is 0 Å². The van der Waals surface area contributed by atoms with Crippen molar-refractivity contribution in [3.63, 3.8) is 0 Å². The van der Waals surface area contributed by atoms with Crippen LogP contribution in [0.2, 0.25) is 0 Å². The number of alkyl halides is 8. The van der Waals surface area contributed by atoms with E-state index in [0.29, 0.717) is 38.0 Å². The van der Waals surface area contributed by atoms with Crippen molar-refractivity contribution in [3.05, 3.63) is 0 Å². The number of hydrogen-bond donors (Lipinski definition) is 3. The van der Waals surface area contributed by atoms with Crippen LogP contribution in [0.3, 0.4) is 0 Å². The lowest BCUT2D eigenvalue weighted by atomic mass is 9.51. The highest BCUT2D eigenvalue weighted by Gasteiger charge is 2.71. The second-order valence-corrected chi connectivity index (χ2v) is 17.9. The van der Waals surface area contributed by atoms with Crippen molar-refractivity contribution in [1.29, 1.82) is 0 Å². The molecule has 0 radical (unpaired) electrons. The van der Waals surface area contributed by atoms with Crippen LogP contribution in [-0.2, 0) is 38.0 Å². The van der Waals surface area contributed by atoms with Gasteiger partial charge in [0.2, 0.25) is 0 Å². The molecule has 8 bridgehead atoms. The number of hydrogen-bond acceptors (Lipinski definition) is 11. The molecule has 53 heavy (non-hydrogen) atoms. The molecule has 0 aromatic rings. The summed E-state index contributed by atoms with van der Waals surface area (Å²) in [6.45, 7) is -5.56. The maximum absolute atomic E-state index is 13.7. The van der Waals surface area contributed by atoms with Crippen molar-refractivity contribution in [2.45, 2.75) is 111 Å². The third-order valence-electron chi connectivity index (χ3n) is 12.5. The fourth-order valence-corrected chi connectivity index (χ4v) is 11.7. The maximum Gasteiger partial charge on any atom is 0.335 e. The van der Waals surface area contributed by atoms with E-state index < -0.39 is 94.8 Å². The molecule has 2 aliphatic heterocycles. The lowest BCUT2D eigenvalue weighted by Gasteiger charge is -2.63. The van der Waals surface area contributed by atoms with Gasteiger partial charge in [0.15, 0.2) is 11.6 Å². The zero-order chi connectivity index (χ0) is 38.9. The number of aliphatic hydroxyl groups excluding tert-OH is 3. The molecule has 2 saturated heterocycles. The molecule has 10 fully saturated rings. The van der Waals surface area contributed by atoms with E-state index >= 15 is 0 Å². The largest absolute Gasteiger partial charge is 0.394 e. The summed E-state index contributed by atoms with van der Waals surface area (Å²) in [7, 11) is -3.69.